The van der Waals surface area contributed by atoms with Gasteiger partial charge in [-0.15, -0.1) is 0 Å². The van der Waals surface area contributed by atoms with Crippen LogP contribution >= 0.6 is 0 Å². The van der Waals surface area contributed by atoms with E-state index >= 15 is 0 Å². The summed E-state index contributed by atoms with van der Waals surface area (Å²) in [6, 6.07) is 5.73. The quantitative estimate of drug-likeness (QED) is 0.842. The number of rotatable bonds is 3. The SMILES string of the molecule is COc1cccc2c1OCCCN(C(=O)CN1CCCCCC1=O)C2. The first-order valence-corrected chi connectivity index (χ1v) is 9.03. The van der Waals surface area contributed by atoms with Crippen LogP contribution in [0.4, 0.5) is 0 Å². The number of fused-ring (bicyclic) bond motifs is 1. The molecule has 0 N–H and O–H groups in total. The Hall–Kier alpha value is -2.24. The number of methoxy groups -OCH3 is 1. The smallest absolute Gasteiger partial charge is 0.242 e. The number of carbonyl (C=O) groups excluding carboxylic acids is 2. The largest absolute Gasteiger partial charge is 0.493 e. The van der Waals surface area contributed by atoms with Crippen molar-refractivity contribution in [1.29, 1.82) is 0 Å². The van der Waals surface area contributed by atoms with E-state index < -0.39 is 0 Å². The molecule has 0 spiro atoms. The van der Waals surface area contributed by atoms with Gasteiger partial charge in [-0.05, 0) is 25.3 Å². The van der Waals surface area contributed by atoms with Gasteiger partial charge in [0.05, 0.1) is 20.3 Å². The summed E-state index contributed by atoms with van der Waals surface area (Å²) in [5.74, 6) is 1.51. The number of carbonyl (C=O) groups is 2. The summed E-state index contributed by atoms with van der Waals surface area (Å²) in [6.07, 6.45) is 4.29. The third-order valence-electron chi connectivity index (χ3n) is 4.81. The number of para-hydroxylation sites is 1. The highest BCUT2D eigenvalue weighted by Gasteiger charge is 2.25. The highest BCUT2D eigenvalue weighted by Crippen LogP contribution is 2.33. The molecule has 6 nitrogen and oxygen atoms in total. The second kappa shape index (κ2) is 8.23. The Morgan fingerprint density at radius 1 is 1.20 bits per heavy atom. The minimum Gasteiger partial charge on any atom is -0.493 e. The lowest BCUT2D eigenvalue weighted by Crippen LogP contribution is -2.43. The molecule has 1 saturated heterocycles. The van der Waals surface area contributed by atoms with Crippen molar-refractivity contribution >= 4 is 11.8 Å². The van der Waals surface area contributed by atoms with Crippen LogP contribution in [0.5, 0.6) is 11.5 Å². The first-order chi connectivity index (χ1) is 12.2. The van der Waals surface area contributed by atoms with Crippen molar-refractivity contribution < 1.29 is 19.1 Å². The monoisotopic (exact) mass is 346 g/mol. The minimum atomic E-state index is 0.00548. The molecule has 0 saturated carbocycles. The van der Waals surface area contributed by atoms with Crippen LogP contribution in [-0.4, -0.2) is 55.0 Å². The van der Waals surface area contributed by atoms with Crippen molar-refractivity contribution in [1.82, 2.24) is 9.80 Å². The van der Waals surface area contributed by atoms with Gasteiger partial charge in [0, 0.05) is 31.6 Å². The average molecular weight is 346 g/mol. The molecule has 0 bridgehead atoms. The maximum absolute atomic E-state index is 12.8. The fraction of sp³-hybridized carbons (Fsp3) is 0.579. The van der Waals surface area contributed by atoms with Crippen LogP contribution in [0.2, 0.25) is 0 Å². The Labute approximate surface area is 148 Å². The average Bonchev–Trinajstić information content (AvgIpc) is 2.79. The van der Waals surface area contributed by atoms with Crippen molar-refractivity contribution in [2.24, 2.45) is 0 Å². The van der Waals surface area contributed by atoms with Gasteiger partial charge >= 0.3 is 0 Å². The molecule has 136 valence electrons. The van der Waals surface area contributed by atoms with Crippen LogP contribution < -0.4 is 9.47 Å². The number of nitrogens with zero attached hydrogens (tertiary/aromatic N) is 2. The second-order valence-corrected chi connectivity index (χ2v) is 6.59. The summed E-state index contributed by atoms with van der Waals surface area (Å²) in [4.78, 5) is 28.5. The maximum atomic E-state index is 12.8. The van der Waals surface area contributed by atoms with Crippen LogP contribution in [0.15, 0.2) is 18.2 Å². The normalized spacial score (nSPS) is 18.5. The molecule has 0 unspecified atom stereocenters. The maximum Gasteiger partial charge on any atom is 0.242 e. The lowest BCUT2D eigenvalue weighted by atomic mass is 10.1. The third kappa shape index (κ3) is 4.24. The zero-order valence-electron chi connectivity index (χ0n) is 14.8. The summed E-state index contributed by atoms with van der Waals surface area (Å²) in [6.45, 7) is 2.52. The second-order valence-electron chi connectivity index (χ2n) is 6.59. The lowest BCUT2D eigenvalue weighted by molar-refractivity contribution is -0.140. The van der Waals surface area contributed by atoms with Crippen molar-refractivity contribution in [3.05, 3.63) is 23.8 Å². The first kappa shape index (κ1) is 17.6. The van der Waals surface area contributed by atoms with E-state index in [2.05, 4.69) is 0 Å². The summed E-state index contributed by atoms with van der Waals surface area (Å²) < 4.78 is 11.2. The Balaban J connectivity index is 1.72. The highest BCUT2D eigenvalue weighted by molar-refractivity contribution is 5.85. The number of benzene rings is 1. The van der Waals surface area contributed by atoms with Crippen molar-refractivity contribution in [2.75, 3.05) is 33.4 Å². The molecular formula is C19H26N2O4. The Morgan fingerprint density at radius 3 is 2.92 bits per heavy atom. The third-order valence-corrected chi connectivity index (χ3v) is 4.81. The molecule has 0 radical (unpaired) electrons. The van der Waals surface area contributed by atoms with Crippen LogP contribution in [-0.2, 0) is 16.1 Å². The Bertz CT molecular complexity index is 632. The Morgan fingerprint density at radius 2 is 2.08 bits per heavy atom. The molecule has 0 atom stereocenters. The molecule has 1 fully saturated rings. The molecular weight excluding hydrogens is 320 g/mol. The van der Waals surface area contributed by atoms with E-state index in [0.717, 1.165) is 31.2 Å². The van der Waals surface area contributed by atoms with E-state index in [-0.39, 0.29) is 18.4 Å². The van der Waals surface area contributed by atoms with E-state index in [0.29, 0.717) is 44.2 Å². The lowest BCUT2D eigenvalue weighted by Gasteiger charge is -2.29. The zero-order valence-corrected chi connectivity index (χ0v) is 14.8. The molecule has 0 aromatic heterocycles. The fourth-order valence-corrected chi connectivity index (χ4v) is 3.41. The number of ether oxygens (including phenoxy) is 2. The number of likely N-dealkylation sites (tertiary alicyclic amines) is 1. The molecule has 1 aromatic rings. The van der Waals surface area contributed by atoms with Gasteiger partial charge in [0.1, 0.15) is 0 Å². The van der Waals surface area contributed by atoms with Gasteiger partial charge in [-0.1, -0.05) is 18.6 Å². The fourth-order valence-electron chi connectivity index (χ4n) is 3.41. The summed E-state index contributed by atoms with van der Waals surface area (Å²) >= 11 is 0. The number of hydrogen-bond donors (Lipinski definition) is 0. The molecule has 2 amide bonds. The number of hydrogen-bond acceptors (Lipinski definition) is 4. The Kier molecular flexibility index (Phi) is 5.79. The van der Waals surface area contributed by atoms with Gasteiger partial charge in [0.15, 0.2) is 11.5 Å². The van der Waals surface area contributed by atoms with Crippen molar-refractivity contribution in [2.45, 2.75) is 38.6 Å². The van der Waals surface area contributed by atoms with Gasteiger partial charge in [0.25, 0.3) is 0 Å². The molecule has 6 heteroatoms. The van der Waals surface area contributed by atoms with Gasteiger partial charge in [-0.2, -0.15) is 0 Å². The first-order valence-electron chi connectivity index (χ1n) is 9.03. The van der Waals surface area contributed by atoms with Gasteiger partial charge in [-0.3, -0.25) is 9.59 Å². The van der Waals surface area contributed by atoms with E-state index in [1.807, 2.05) is 23.1 Å². The van der Waals surface area contributed by atoms with Gasteiger partial charge < -0.3 is 19.3 Å². The predicted molar refractivity (Wildman–Crippen MR) is 93.6 cm³/mol. The van der Waals surface area contributed by atoms with Crippen LogP contribution in [0, 0.1) is 0 Å². The summed E-state index contributed by atoms with van der Waals surface area (Å²) in [5, 5.41) is 0. The van der Waals surface area contributed by atoms with E-state index in [4.69, 9.17) is 9.47 Å². The van der Waals surface area contributed by atoms with Gasteiger partial charge in [0.2, 0.25) is 11.8 Å². The zero-order chi connectivity index (χ0) is 17.6. The van der Waals surface area contributed by atoms with E-state index in [9.17, 15) is 9.59 Å². The molecule has 2 heterocycles. The van der Waals surface area contributed by atoms with Gasteiger partial charge in [-0.25, -0.2) is 0 Å². The van der Waals surface area contributed by atoms with Crippen LogP contribution in [0.1, 0.15) is 37.7 Å². The summed E-state index contributed by atoms with van der Waals surface area (Å²) in [7, 11) is 1.62. The van der Waals surface area contributed by atoms with Crippen LogP contribution in [0.3, 0.4) is 0 Å². The molecule has 3 rings (SSSR count). The highest BCUT2D eigenvalue weighted by atomic mass is 16.5. The predicted octanol–water partition coefficient (Wildman–Crippen LogP) is 2.21. The minimum absolute atomic E-state index is 0.00548. The van der Waals surface area contributed by atoms with Crippen LogP contribution in [0.25, 0.3) is 0 Å². The van der Waals surface area contributed by atoms with Crippen molar-refractivity contribution in [3.63, 3.8) is 0 Å². The molecule has 0 aliphatic carbocycles. The van der Waals surface area contributed by atoms with E-state index in [1.54, 1.807) is 12.0 Å². The molecule has 25 heavy (non-hydrogen) atoms. The topological polar surface area (TPSA) is 59.1 Å². The standard InChI is InChI=1S/C19H26N2O4/c1-24-16-8-5-7-15-13-20(11-6-12-25-19(15)16)18(23)14-21-10-4-2-3-9-17(21)22/h5,7-8H,2-4,6,9-14H2,1H3. The number of amides is 2. The molecule has 2 aliphatic rings. The van der Waals surface area contributed by atoms with E-state index in [1.165, 1.54) is 0 Å². The molecule has 2 aliphatic heterocycles. The summed E-state index contributed by atoms with van der Waals surface area (Å²) in [5.41, 5.74) is 0.939. The molecule has 1 aromatic carbocycles. The van der Waals surface area contributed by atoms with Crippen molar-refractivity contribution in [3.8, 4) is 11.5 Å².